The number of amides is 1. The van der Waals surface area contributed by atoms with Gasteiger partial charge in [0, 0.05) is 35.9 Å². The highest BCUT2D eigenvalue weighted by Gasteiger charge is 2.26. The molecule has 5 heteroatoms. The van der Waals surface area contributed by atoms with Gasteiger partial charge >= 0.3 is 0 Å². The Bertz CT molecular complexity index is 650. The number of aromatic amines is 1. The van der Waals surface area contributed by atoms with E-state index >= 15 is 0 Å². The van der Waals surface area contributed by atoms with Gasteiger partial charge in [0.1, 0.15) is 5.82 Å². The first-order valence-electron chi connectivity index (χ1n) is 7.65. The summed E-state index contributed by atoms with van der Waals surface area (Å²) in [5, 5.41) is 0.697. The van der Waals surface area contributed by atoms with Gasteiger partial charge in [0.25, 0.3) is 0 Å². The number of nitrogens with zero attached hydrogens (tertiary/aromatic N) is 2. The maximum absolute atomic E-state index is 12.5. The third kappa shape index (κ3) is 3.50. The average molecular weight is 318 g/mol. The Balaban J connectivity index is 1.63. The molecule has 0 bridgehead atoms. The minimum absolute atomic E-state index is 0.176. The van der Waals surface area contributed by atoms with E-state index in [-0.39, 0.29) is 5.91 Å². The van der Waals surface area contributed by atoms with Gasteiger partial charge in [0.15, 0.2) is 0 Å². The number of hydrogen-bond donors (Lipinski definition) is 1. The highest BCUT2D eigenvalue weighted by Crippen LogP contribution is 2.25. The molecule has 1 N–H and O–H groups in total. The lowest BCUT2D eigenvalue weighted by molar-refractivity contribution is -0.131. The summed E-state index contributed by atoms with van der Waals surface area (Å²) >= 11 is 5.88. The predicted molar refractivity (Wildman–Crippen MR) is 87.0 cm³/mol. The number of aromatic nitrogens is 2. The predicted octanol–water partition coefficient (Wildman–Crippen LogP) is 3.32. The molecule has 0 radical (unpaired) electrons. The number of piperidine rings is 1. The van der Waals surface area contributed by atoms with Crippen LogP contribution in [0.4, 0.5) is 0 Å². The average Bonchev–Trinajstić information content (AvgIpc) is 2.96. The Kier molecular flexibility index (Phi) is 4.48. The Morgan fingerprint density at radius 1 is 1.41 bits per heavy atom. The van der Waals surface area contributed by atoms with Gasteiger partial charge in [-0.05, 0) is 37.5 Å². The van der Waals surface area contributed by atoms with Crippen molar-refractivity contribution in [1.82, 2.24) is 14.9 Å². The van der Waals surface area contributed by atoms with Crippen molar-refractivity contribution in [3.05, 3.63) is 52.6 Å². The fourth-order valence-corrected chi connectivity index (χ4v) is 3.08. The maximum atomic E-state index is 12.5. The Morgan fingerprint density at radius 3 is 2.86 bits per heavy atom. The third-order valence-electron chi connectivity index (χ3n) is 4.15. The maximum Gasteiger partial charge on any atom is 0.227 e. The van der Waals surface area contributed by atoms with E-state index in [1.54, 1.807) is 0 Å². The monoisotopic (exact) mass is 317 g/mol. The van der Waals surface area contributed by atoms with Crippen LogP contribution in [-0.4, -0.2) is 33.9 Å². The summed E-state index contributed by atoms with van der Waals surface area (Å²) in [7, 11) is 0. The Labute approximate surface area is 135 Å². The van der Waals surface area contributed by atoms with Crippen molar-refractivity contribution in [2.75, 3.05) is 13.1 Å². The molecule has 0 unspecified atom stereocenters. The van der Waals surface area contributed by atoms with E-state index in [4.69, 9.17) is 11.6 Å². The lowest BCUT2D eigenvalue weighted by Crippen LogP contribution is -2.40. The van der Waals surface area contributed by atoms with Crippen LogP contribution in [0, 0.1) is 6.92 Å². The zero-order chi connectivity index (χ0) is 15.5. The lowest BCUT2D eigenvalue weighted by Gasteiger charge is -2.32. The van der Waals surface area contributed by atoms with Crippen LogP contribution >= 0.6 is 11.6 Å². The SMILES string of the molecule is Cc1cnc([C@@H]2CCCN(C(=O)Cc3ccc(Cl)cc3)C2)[nH]1. The third-order valence-corrected chi connectivity index (χ3v) is 4.40. The van der Waals surface area contributed by atoms with Crippen LogP contribution in [0.1, 0.15) is 35.8 Å². The van der Waals surface area contributed by atoms with Crippen LogP contribution in [0.5, 0.6) is 0 Å². The second kappa shape index (κ2) is 6.53. The molecule has 0 saturated carbocycles. The first kappa shape index (κ1) is 15.1. The van der Waals surface area contributed by atoms with Crippen LogP contribution < -0.4 is 0 Å². The number of rotatable bonds is 3. The zero-order valence-corrected chi connectivity index (χ0v) is 13.4. The molecule has 0 spiro atoms. The number of likely N-dealkylation sites (tertiary alicyclic amines) is 1. The van der Waals surface area contributed by atoms with Crippen molar-refractivity contribution in [3.63, 3.8) is 0 Å². The summed E-state index contributed by atoms with van der Waals surface area (Å²) < 4.78 is 0. The first-order chi connectivity index (χ1) is 10.6. The van der Waals surface area contributed by atoms with E-state index in [9.17, 15) is 4.79 Å². The molecule has 1 aliphatic rings. The van der Waals surface area contributed by atoms with Gasteiger partial charge in [0.2, 0.25) is 5.91 Å². The number of halogens is 1. The summed E-state index contributed by atoms with van der Waals surface area (Å²) in [5.74, 6) is 1.49. The minimum atomic E-state index is 0.176. The Hall–Kier alpha value is -1.81. The quantitative estimate of drug-likeness (QED) is 0.944. The van der Waals surface area contributed by atoms with Crippen molar-refractivity contribution in [3.8, 4) is 0 Å². The van der Waals surface area contributed by atoms with E-state index in [1.807, 2.05) is 42.3 Å². The van der Waals surface area contributed by atoms with Crippen molar-refractivity contribution in [1.29, 1.82) is 0 Å². The van der Waals surface area contributed by atoms with Gasteiger partial charge in [-0.2, -0.15) is 0 Å². The molecule has 1 aromatic carbocycles. The summed E-state index contributed by atoms with van der Waals surface area (Å²) in [6.07, 6.45) is 4.39. The van der Waals surface area contributed by atoms with Crippen LogP contribution in [0.3, 0.4) is 0 Å². The van der Waals surface area contributed by atoms with E-state index < -0.39 is 0 Å². The molecule has 1 aliphatic heterocycles. The second-order valence-corrected chi connectivity index (χ2v) is 6.37. The lowest BCUT2D eigenvalue weighted by atomic mass is 9.96. The Morgan fingerprint density at radius 2 is 2.18 bits per heavy atom. The van der Waals surface area contributed by atoms with Gasteiger partial charge in [-0.15, -0.1) is 0 Å². The number of carbonyl (C=O) groups excluding carboxylic acids is 1. The van der Waals surface area contributed by atoms with Crippen molar-refractivity contribution in [2.24, 2.45) is 0 Å². The molecule has 2 heterocycles. The van der Waals surface area contributed by atoms with Crippen molar-refractivity contribution in [2.45, 2.75) is 32.1 Å². The minimum Gasteiger partial charge on any atom is -0.346 e. The van der Waals surface area contributed by atoms with Crippen LogP contribution in [0.15, 0.2) is 30.5 Å². The van der Waals surface area contributed by atoms with Gasteiger partial charge in [-0.25, -0.2) is 4.98 Å². The molecule has 1 amide bonds. The number of imidazole rings is 1. The smallest absolute Gasteiger partial charge is 0.227 e. The highest BCUT2D eigenvalue weighted by molar-refractivity contribution is 6.30. The number of aryl methyl sites for hydroxylation is 1. The number of H-pyrrole nitrogens is 1. The van der Waals surface area contributed by atoms with Gasteiger partial charge in [-0.1, -0.05) is 23.7 Å². The number of nitrogens with one attached hydrogen (secondary N) is 1. The summed E-state index contributed by atoms with van der Waals surface area (Å²) in [6.45, 7) is 3.59. The first-order valence-corrected chi connectivity index (χ1v) is 8.03. The molecule has 1 fully saturated rings. The van der Waals surface area contributed by atoms with Gasteiger partial charge in [0.05, 0.1) is 6.42 Å². The zero-order valence-electron chi connectivity index (χ0n) is 12.7. The van der Waals surface area contributed by atoms with E-state index in [0.29, 0.717) is 17.4 Å². The fraction of sp³-hybridized carbons (Fsp3) is 0.412. The number of carbonyl (C=O) groups is 1. The van der Waals surface area contributed by atoms with Gasteiger partial charge < -0.3 is 9.88 Å². The van der Waals surface area contributed by atoms with E-state index in [2.05, 4.69) is 9.97 Å². The molecule has 1 saturated heterocycles. The second-order valence-electron chi connectivity index (χ2n) is 5.93. The molecule has 22 heavy (non-hydrogen) atoms. The molecule has 3 rings (SSSR count). The molecule has 116 valence electrons. The summed E-state index contributed by atoms with van der Waals surface area (Å²) in [5.41, 5.74) is 2.07. The number of benzene rings is 1. The highest BCUT2D eigenvalue weighted by atomic mass is 35.5. The van der Waals surface area contributed by atoms with Gasteiger partial charge in [-0.3, -0.25) is 4.79 Å². The van der Waals surface area contributed by atoms with Crippen molar-refractivity contribution >= 4 is 17.5 Å². The van der Waals surface area contributed by atoms with Crippen molar-refractivity contribution < 1.29 is 4.79 Å². The molecule has 0 aliphatic carbocycles. The molecule has 2 aromatic rings. The standard InChI is InChI=1S/C17H20ClN3O/c1-12-10-19-17(20-12)14-3-2-8-21(11-14)16(22)9-13-4-6-15(18)7-5-13/h4-7,10,14H,2-3,8-9,11H2,1H3,(H,19,20)/t14-/m1/s1. The normalized spacial score (nSPS) is 18.5. The molecular formula is C17H20ClN3O. The fourth-order valence-electron chi connectivity index (χ4n) is 2.96. The molecule has 4 nitrogen and oxygen atoms in total. The molecule has 1 atom stereocenters. The summed E-state index contributed by atoms with van der Waals surface area (Å²) in [4.78, 5) is 22.2. The topological polar surface area (TPSA) is 49.0 Å². The largest absolute Gasteiger partial charge is 0.346 e. The van der Waals surface area contributed by atoms with Crippen LogP contribution in [0.25, 0.3) is 0 Å². The molecular weight excluding hydrogens is 298 g/mol. The van der Waals surface area contributed by atoms with Crippen LogP contribution in [-0.2, 0) is 11.2 Å². The molecule has 1 aromatic heterocycles. The van der Waals surface area contributed by atoms with E-state index in [0.717, 1.165) is 43.0 Å². The van der Waals surface area contributed by atoms with E-state index in [1.165, 1.54) is 0 Å². The summed E-state index contributed by atoms with van der Waals surface area (Å²) in [6, 6.07) is 7.48. The van der Waals surface area contributed by atoms with Crippen LogP contribution in [0.2, 0.25) is 5.02 Å². The number of hydrogen-bond acceptors (Lipinski definition) is 2.